The molecule has 4 fully saturated rings. The van der Waals surface area contributed by atoms with Crippen LogP contribution >= 0.6 is 0 Å². The highest BCUT2D eigenvalue weighted by atomic mass is 16.6. The Morgan fingerprint density at radius 1 is 1.00 bits per heavy atom. The summed E-state index contributed by atoms with van der Waals surface area (Å²) in [5.74, 6) is 1.81. The van der Waals surface area contributed by atoms with E-state index in [1.165, 1.54) is 12.0 Å². The Balaban J connectivity index is 1.29. The topological polar surface area (TPSA) is 91.3 Å². The van der Waals surface area contributed by atoms with Gasteiger partial charge in [0.2, 0.25) is 0 Å². The van der Waals surface area contributed by atoms with Crippen LogP contribution in [0.25, 0.3) is 0 Å². The maximum atomic E-state index is 13.6. The third-order valence-electron chi connectivity index (χ3n) is 8.51. The first-order valence-corrected chi connectivity index (χ1v) is 13.2. The molecule has 0 saturated heterocycles. The average molecular weight is 509 g/mol. The molecule has 4 aliphatic carbocycles. The number of carbonyl (C=O) groups excluding carboxylic acids is 2. The van der Waals surface area contributed by atoms with E-state index in [2.05, 4.69) is 12.1 Å². The van der Waals surface area contributed by atoms with Crippen molar-refractivity contribution in [2.75, 3.05) is 20.3 Å². The summed E-state index contributed by atoms with van der Waals surface area (Å²) in [6.07, 6.45) is 6.00. The maximum absolute atomic E-state index is 13.6. The molecule has 6 rings (SSSR count). The van der Waals surface area contributed by atoms with Crippen LogP contribution in [0.3, 0.4) is 0 Å². The lowest BCUT2D eigenvalue weighted by Gasteiger charge is -2.61. The summed E-state index contributed by atoms with van der Waals surface area (Å²) in [6.45, 7) is 2.09. The predicted molar refractivity (Wildman–Crippen MR) is 136 cm³/mol. The lowest BCUT2D eigenvalue weighted by Crippen LogP contribution is -2.57. The first kappa shape index (κ1) is 25.6. The van der Waals surface area contributed by atoms with Gasteiger partial charge in [-0.25, -0.2) is 4.79 Å². The van der Waals surface area contributed by atoms with E-state index < -0.39 is 5.41 Å². The number of aliphatic hydroxyl groups is 1. The molecule has 1 N–H and O–H groups in total. The van der Waals surface area contributed by atoms with Gasteiger partial charge in [0.1, 0.15) is 18.1 Å². The van der Waals surface area contributed by atoms with E-state index in [1.807, 2.05) is 30.3 Å². The third kappa shape index (κ3) is 5.06. The molecule has 4 bridgehead atoms. The highest BCUT2D eigenvalue weighted by Gasteiger charge is 2.61. The van der Waals surface area contributed by atoms with Crippen LogP contribution in [0.2, 0.25) is 0 Å². The van der Waals surface area contributed by atoms with Gasteiger partial charge in [-0.3, -0.25) is 4.79 Å². The van der Waals surface area contributed by atoms with Crippen molar-refractivity contribution in [3.63, 3.8) is 0 Å². The first-order chi connectivity index (χ1) is 17.9. The van der Waals surface area contributed by atoms with Crippen LogP contribution in [0.5, 0.6) is 11.5 Å². The molecule has 4 saturated carbocycles. The summed E-state index contributed by atoms with van der Waals surface area (Å²) in [7, 11) is 1.57. The summed E-state index contributed by atoms with van der Waals surface area (Å²) in [4.78, 5) is 25.2. The molecule has 7 nitrogen and oxygen atoms in total. The number of aliphatic hydroxyl groups excluding tert-OH is 1. The van der Waals surface area contributed by atoms with Gasteiger partial charge in [-0.15, -0.1) is 0 Å². The number of hydrogen-bond donors (Lipinski definition) is 1. The fourth-order valence-corrected chi connectivity index (χ4v) is 7.40. The average Bonchev–Trinajstić information content (AvgIpc) is 2.90. The van der Waals surface area contributed by atoms with Crippen LogP contribution in [0.15, 0.2) is 42.5 Å². The van der Waals surface area contributed by atoms with Crippen LogP contribution in [0.1, 0.15) is 62.1 Å². The number of carbonyl (C=O) groups is 2. The molecule has 7 heteroatoms. The number of methoxy groups -OCH3 is 1. The molecular weight excluding hydrogens is 472 g/mol. The van der Waals surface area contributed by atoms with E-state index in [0.717, 1.165) is 37.7 Å². The molecular formula is C30H36O7. The van der Waals surface area contributed by atoms with Crippen molar-refractivity contribution in [3.8, 4) is 11.5 Å². The fourth-order valence-electron chi connectivity index (χ4n) is 7.40. The maximum Gasteiger partial charge on any atom is 0.344 e. The summed E-state index contributed by atoms with van der Waals surface area (Å²) in [5.41, 5.74) is 2.32. The first-order valence-electron chi connectivity index (χ1n) is 13.2. The quantitative estimate of drug-likeness (QED) is 0.465. The second-order valence-electron chi connectivity index (χ2n) is 11.0. The Bertz CT molecular complexity index is 1130. The minimum Gasteiger partial charge on any atom is -0.496 e. The smallest absolute Gasteiger partial charge is 0.344 e. The highest BCUT2D eigenvalue weighted by Crippen LogP contribution is 2.66. The van der Waals surface area contributed by atoms with Gasteiger partial charge in [0.25, 0.3) is 0 Å². The summed E-state index contributed by atoms with van der Waals surface area (Å²) in [6, 6.07) is 13.5. The minimum absolute atomic E-state index is 0.0330. The zero-order valence-electron chi connectivity index (χ0n) is 21.7. The van der Waals surface area contributed by atoms with Gasteiger partial charge in [0.05, 0.1) is 25.7 Å². The molecule has 0 spiro atoms. The van der Waals surface area contributed by atoms with Crippen molar-refractivity contribution in [3.05, 3.63) is 59.2 Å². The summed E-state index contributed by atoms with van der Waals surface area (Å²) >= 11 is 0. The number of esters is 2. The molecule has 4 aliphatic rings. The van der Waals surface area contributed by atoms with E-state index in [-0.39, 0.29) is 37.2 Å². The molecule has 0 heterocycles. The van der Waals surface area contributed by atoms with Gasteiger partial charge < -0.3 is 24.1 Å². The Morgan fingerprint density at radius 3 is 2.38 bits per heavy atom. The van der Waals surface area contributed by atoms with Crippen molar-refractivity contribution in [1.82, 2.24) is 0 Å². The molecule has 2 aromatic rings. The fraction of sp³-hybridized carbons (Fsp3) is 0.533. The number of rotatable bonds is 10. The van der Waals surface area contributed by atoms with Crippen LogP contribution in [-0.2, 0) is 37.7 Å². The van der Waals surface area contributed by atoms with E-state index in [4.69, 9.17) is 18.9 Å². The largest absolute Gasteiger partial charge is 0.496 e. The number of ether oxygens (including phenoxy) is 4. The second kappa shape index (κ2) is 10.4. The lowest BCUT2D eigenvalue weighted by atomic mass is 9.43. The normalized spacial score (nSPS) is 27.5. The van der Waals surface area contributed by atoms with E-state index in [1.54, 1.807) is 14.0 Å². The molecule has 2 unspecified atom stereocenters. The zero-order chi connectivity index (χ0) is 26.0. The highest BCUT2D eigenvalue weighted by molar-refractivity contribution is 5.78. The predicted octanol–water partition coefficient (Wildman–Crippen LogP) is 4.71. The zero-order valence-corrected chi connectivity index (χ0v) is 21.7. The summed E-state index contributed by atoms with van der Waals surface area (Å²) in [5, 5.41) is 9.47. The van der Waals surface area contributed by atoms with Gasteiger partial charge in [-0.2, -0.15) is 0 Å². The van der Waals surface area contributed by atoms with Gasteiger partial charge >= 0.3 is 11.9 Å². The molecule has 2 aromatic carbocycles. The minimum atomic E-state index is -0.446. The molecule has 2 atom stereocenters. The van der Waals surface area contributed by atoms with E-state index in [9.17, 15) is 14.7 Å². The Kier molecular flexibility index (Phi) is 7.17. The van der Waals surface area contributed by atoms with Crippen LogP contribution in [-0.4, -0.2) is 37.4 Å². The molecule has 37 heavy (non-hydrogen) atoms. The Labute approximate surface area is 218 Å². The van der Waals surface area contributed by atoms with Crippen LogP contribution < -0.4 is 9.47 Å². The van der Waals surface area contributed by atoms with Crippen molar-refractivity contribution in [2.24, 2.45) is 17.3 Å². The van der Waals surface area contributed by atoms with Crippen molar-refractivity contribution >= 4 is 11.9 Å². The van der Waals surface area contributed by atoms with E-state index >= 15 is 0 Å². The van der Waals surface area contributed by atoms with Crippen LogP contribution in [0, 0.1) is 17.3 Å². The summed E-state index contributed by atoms with van der Waals surface area (Å²) < 4.78 is 21.8. The Morgan fingerprint density at radius 2 is 1.73 bits per heavy atom. The van der Waals surface area contributed by atoms with Crippen molar-refractivity contribution < 1.29 is 33.6 Å². The van der Waals surface area contributed by atoms with Crippen LogP contribution in [0.4, 0.5) is 0 Å². The number of hydrogen-bond acceptors (Lipinski definition) is 7. The van der Waals surface area contributed by atoms with Crippen molar-refractivity contribution in [2.45, 2.75) is 64.1 Å². The molecule has 0 amide bonds. The van der Waals surface area contributed by atoms with Gasteiger partial charge in [0, 0.05) is 5.56 Å². The lowest BCUT2D eigenvalue weighted by molar-refractivity contribution is -0.175. The third-order valence-corrected chi connectivity index (χ3v) is 8.51. The molecule has 0 radical (unpaired) electrons. The SMILES string of the molecule is CCOC(=O)COc1ccc(C23CC4CC(CC(C(=O)OCc5ccc(CO)c(OC)c5)(C4)C2)C3)cc1. The number of benzene rings is 2. The van der Waals surface area contributed by atoms with Gasteiger partial charge in [0.15, 0.2) is 6.61 Å². The van der Waals surface area contributed by atoms with Gasteiger partial charge in [-0.05, 0) is 92.0 Å². The molecule has 0 aromatic heterocycles. The van der Waals surface area contributed by atoms with E-state index in [0.29, 0.717) is 35.5 Å². The Hall–Kier alpha value is -3.06. The standard InChI is InChI=1S/C30H36O7/c1-3-35-27(32)18-36-25-8-6-24(7-9-25)29-12-21-10-22(13-29)15-30(14-21,19-29)28(33)37-17-20-4-5-23(16-31)26(11-20)34-2/h4-9,11,21-22,31H,3,10,12-19H2,1-2H3. The second-order valence-corrected chi connectivity index (χ2v) is 11.0. The molecule has 0 aliphatic heterocycles. The molecule has 198 valence electrons. The van der Waals surface area contributed by atoms with Crippen molar-refractivity contribution in [1.29, 1.82) is 0 Å². The van der Waals surface area contributed by atoms with Gasteiger partial charge in [-0.1, -0.05) is 24.3 Å². The monoisotopic (exact) mass is 508 g/mol.